The summed E-state index contributed by atoms with van der Waals surface area (Å²) in [5.74, 6) is -2.57. The Morgan fingerprint density at radius 2 is 2.21 bits per heavy atom. The lowest BCUT2D eigenvalue weighted by Gasteiger charge is -2.27. The lowest BCUT2D eigenvalue weighted by Crippen LogP contribution is -2.49. The molecule has 0 aromatic heterocycles. The summed E-state index contributed by atoms with van der Waals surface area (Å²) in [6, 6.07) is 0. The number of nitrogens with one attached hydrogen (secondary N) is 1. The van der Waals surface area contributed by atoms with Crippen LogP contribution in [-0.4, -0.2) is 22.9 Å². The van der Waals surface area contributed by atoms with Crippen molar-refractivity contribution in [3.63, 3.8) is 0 Å². The SMILES string of the molecule is CC1(C(N)=O)CC(C(=O)O)=CNC1=O. The molecule has 0 aromatic rings. The zero-order valence-electron chi connectivity index (χ0n) is 7.53. The molecule has 76 valence electrons. The molecule has 0 spiro atoms. The van der Waals surface area contributed by atoms with Gasteiger partial charge in [-0.1, -0.05) is 0 Å². The summed E-state index contributed by atoms with van der Waals surface area (Å²) in [6.45, 7) is 1.32. The Hall–Kier alpha value is -1.85. The van der Waals surface area contributed by atoms with Crippen LogP contribution in [0.15, 0.2) is 11.8 Å². The minimum absolute atomic E-state index is 0.0362. The molecule has 1 aliphatic rings. The number of hydrogen-bond acceptors (Lipinski definition) is 3. The standard InChI is InChI=1S/C8H10N2O4/c1-8(6(9)13)2-4(5(11)12)3-10-7(8)14/h3H,2H2,1H3,(H2,9,13)(H,10,14)(H,11,12). The quantitative estimate of drug-likeness (QED) is 0.492. The number of carboxylic acid groups (broad SMARTS) is 1. The Labute approximate surface area is 79.8 Å². The Morgan fingerprint density at radius 1 is 1.64 bits per heavy atom. The topological polar surface area (TPSA) is 109 Å². The molecule has 1 heterocycles. The van der Waals surface area contributed by atoms with Gasteiger partial charge in [0.1, 0.15) is 5.41 Å². The van der Waals surface area contributed by atoms with Crippen molar-refractivity contribution >= 4 is 17.8 Å². The van der Waals surface area contributed by atoms with Gasteiger partial charge >= 0.3 is 5.97 Å². The molecule has 0 aliphatic carbocycles. The monoisotopic (exact) mass is 198 g/mol. The van der Waals surface area contributed by atoms with E-state index in [4.69, 9.17) is 10.8 Å². The van der Waals surface area contributed by atoms with Crippen molar-refractivity contribution in [1.29, 1.82) is 0 Å². The maximum atomic E-state index is 11.3. The van der Waals surface area contributed by atoms with Gasteiger partial charge in [0.2, 0.25) is 11.8 Å². The summed E-state index contributed by atoms with van der Waals surface area (Å²) in [7, 11) is 0. The van der Waals surface area contributed by atoms with E-state index >= 15 is 0 Å². The van der Waals surface area contributed by atoms with Crippen LogP contribution < -0.4 is 11.1 Å². The lowest BCUT2D eigenvalue weighted by atomic mass is 9.80. The van der Waals surface area contributed by atoms with Crippen LogP contribution >= 0.6 is 0 Å². The summed E-state index contributed by atoms with van der Waals surface area (Å²) >= 11 is 0. The van der Waals surface area contributed by atoms with Crippen LogP contribution in [0.5, 0.6) is 0 Å². The third-order valence-electron chi connectivity index (χ3n) is 2.24. The maximum absolute atomic E-state index is 11.3. The van der Waals surface area contributed by atoms with Gasteiger partial charge in [-0.2, -0.15) is 0 Å². The molecule has 0 fully saturated rings. The van der Waals surface area contributed by atoms with Crippen molar-refractivity contribution in [3.8, 4) is 0 Å². The highest BCUT2D eigenvalue weighted by molar-refractivity contribution is 6.07. The fraction of sp³-hybridized carbons (Fsp3) is 0.375. The van der Waals surface area contributed by atoms with Gasteiger partial charge in [0.25, 0.3) is 0 Å². The van der Waals surface area contributed by atoms with Crippen LogP contribution in [-0.2, 0) is 14.4 Å². The molecule has 0 aromatic carbocycles. The Balaban J connectivity index is 3.03. The number of nitrogens with two attached hydrogens (primary N) is 1. The minimum atomic E-state index is -1.47. The van der Waals surface area contributed by atoms with Crippen molar-refractivity contribution in [1.82, 2.24) is 5.32 Å². The van der Waals surface area contributed by atoms with Gasteiger partial charge < -0.3 is 16.2 Å². The van der Waals surface area contributed by atoms with Crippen molar-refractivity contribution in [3.05, 3.63) is 11.8 Å². The van der Waals surface area contributed by atoms with Gasteiger partial charge in [0.05, 0.1) is 5.57 Å². The summed E-state index contributed by atoms with van der Waals surface area (Å²) < 4.78 is 0. The van der Waals surface area contributed by atoms with Gasteiger partial charge in [-0.15, -0.1) is 0 Å². The number of aliphatic carboxylic acids is 1. The second-order valence-corrected chi connectivity index (χ2v) is 3.32. The van der Waals surface area contributed by atoms with Crippen LogP contribution in [0, 0.1) is 5.41 Å². The molecular weight excluding hydrogens is 188 g/mol. The molecule has 0 bridgehead atoms. The number of carboxylic acids is 1. The fourth-order valence-electron chi connectivity index (χ4n) is 1.16. The molecule has 0 radical (unpaired) electrons. The number of carbonyl (C=O) groups is 3. The van der Waals surface area contributed by atoms with Crippen LogP contribution in [0.4, 0.5) is 0 Å². The number of primary amides is 1. The molecule has 1 atom stereocenters. The van der Waals surface area contributed by atoms with E-state index in [1.807, 2.05) is 0 Å². The van der Waals surface area contributed by atoms with E-state index in [1.165, 1.54) is 6.92 Å². The minimum Gasteiger partial charge on any atom is -0.478 e. The lowest BCUT2D eigenvalue weighted by molar-refractivity contribution is -0.141. The summed E-state index contributed by atoms with van der Waals surface area (Å²) in [5.41, 5.74) is 3.53. The smallest absolute Gasteiger partial charge is 0.333 e. The number of rotatable bonds is 2. The van der Waals surface area contributed by atoms with Crippen molar-refractivity contribution in [2.24, 2.45) is 11.1 Å². The molecular formula is C8H10N2O4. The Morgan fingerprint density at radius 3 is 2.64 bits per heavy atom. The highest BCUT2D eigenvalue weighted by Gasteiger charge is 2.43. The molecule has 6 nitrogen and oxygen atoms in total. The first kappa shape index (κ1) is 10.2. The first-order valence-corrected chi connectivity index (χ1v) is 3.91. The van der Waals surface area contributed by atoms with Crippen molar-refractivity contribution < 1.29 is 19.5 Å². The third-order valence-corrected chi connectivity index (χ3v) is 2.24. The van der Waals surface area contributed by atoms with Crippen molar-refractivity contribution in [2.45, 2.75) is 13.3 Å². The predicted molar refractivity (Wildman–Crippen MR) is 45.8 cm³/mol. The van der Waals surface area contributed by atoms with Crippen LogP contribution in [0.3, 0.4) is 0 Å². The number of carbonyl (C=O) groups excluding carboxylic acids is 2. The molecule has 1 unspecified atom stereocenters. The summed E-state index contributed by atoms with van der Waals surface area (Å²) in [6.07, 6.45) is 0.902. The highest BCUT2D eigenvalue weighted by Crippen LogP contribution is 2.28. The molecule has 1 aliphatic heterocycles. The van der Waals surface area contributed by atoms with Crippen LogP contribution in [0.1, 0.15) is 13.3 Å². The van der Waals surface area contributed by atoms with E-state index < -0.39 is 23.2 Å². The molecule has 6 heteroatoms. The van der Waals surface area contributed by atoms with Gasteiger partial charge in [0.15, 0.2) is 0 Å². The Kier molecular flexibility index (Phi) is 2.29. The maximum Gasteiger partial charge on any atom is 0.333 e. The van der Waals surface area contributed by atoms with Gasteiger partial charge in [0, 0.05) is 12.6 Å². The summed E-state index contributed by atoms with van der Waals surface area (Å²) in [5, 5.41) is 10.9. The van der Waals surface area contributed by atoms with E-state index in [9.17, 15) is 14.4 Å². The molecule has 14 heavy (non-hydrogen) atoms. The van der Waals surface area contributed by atoms with Gasteiger partial charge in [-0.3, -0.25) is 9.59 Å². The fourth-order valence-corrected chi connectivity index (χ4v) is 1.16. The molecule has 0 saturated carbocycles. The molecule has 1 rings (SSSR count). The van der Waals surface area contributed by atoms with E-state index in [0.29, 0.717) is 0 Å². The molecule has 2 amide bonds. The van der Waals surface area contributed by atoms with Crippen LogP contribution in [0.25, 0.3) is 0 Å². The Bertz CT molecular complexity index is 347. The van der Waals surface area contributed by atoms with E-state index in [1.54, 1.807) is 0 Å². The van der Waals surface area contributed by atoms with Gasteiger partial charge in [-0.05, 0) is 6.92 Å². The molecule has 0 saturated heterocycles. The number of amides is 2. The van der Waals surface area contributed by atoms with Gasteiger partial charge in [-0.25, -0.2) is 4.79 Å². The average molecular weight is 198 g/mol. The molecule has 4 N–H and O–H groups in total. The third kappa shape index (κ3) is 1.46. The zero-order valence-corrected chi connectivity index (χ0v) is 7.53. The zero-order chi connectivity index (χ0) is 10.9. The largest absolute Gasteiger partial charge is 0.478 e. The second-order valence-electron chi connectivity index (χ2n) is 3.32. The first-order valence-electron chi connectivity index (χ1n) is 3.91. The van der Waals surface area contributed by atoms with E-state index in [0.717, 1.165) is 6.20 Å². The average Bonchev–Trinajstić information content (AvgIpc) is 2.09. The second kappa shape index (κ2) is 3.13. The van der Waals surface area contributed by atoms with E-state index in [-0.39, 0.29) is 12.0 Å². The first-order chi connectivity index (χ1) is 6.38. The highest BCUT2D eigenvalue weighted by atomic mass is 16.4. The number of hydrogen-bond donors (Lipinski definition) is 3. The normalized spacial score (nSPS) is 26.4. The van der Waals surface area contributed by atoms with Crippen molar-refractivity contribution in [2.75, 3.05) is 0 Å². The summed E-state index contributed by atoms with van der Waals surface area (Å²) in [4.78, 5) is 32.9. The van der Waals surface area contributed by atoms with Crippen LogP contribution in [0.2, 0.25) is 0 Å². The predicted octanol–water partition coefficient (Wildman–Crippen LogP) is -1.03. The van der Waals surface area contributed by atoms with E-state index in [2.05, 4.69) is 5.32 Å².